The zero-order chi connectivity index (χ0) is 14.8. The lowest BCUT2D eigenvalue weighted by atomic mass is 10.1. The molecule has 0 saturated heterocycles. The van der Waals surface area contributed by atoms with Gasteiger partial charge in [-0.05, 0) is 24.4 Å². The average molecular weight is 296 g/mol. The summed E-state index contributed by atoms with van der Waals surface area (Å²) in [5, 5.41) is 0.792. The summed E-state index contributed by atoms with van der Waals surface area (Å²) in [6.45, 7) is 0. The molecule has 0 aliphatic carbocycles. The highest BCUT2D eigenvalue weighted by Gasteiger charge is 2.13. The van der Waals surface area contributed by atoms with Gasteiger partial charge >= 0.3 is 0 Å². The largest absolute Gasteiger partial charge is 0.486 e. The molecule has 0 bridgehead atoms. The van der Waals surface area contributed by atoms with Crippen molar-refractivity contribution in [1.82, 2.24) is 0 Å². The predicted molar refractivity (Wildman–Crippen MR) is 86.6 cm³/mol. The Morgan fingerprint density at radius 2 is 1.86 bits per heavy atom. The van der Waals surface area contributed by atoms with Gasteiger partial charge in [-0.25, -0.2) is 0 Å². The van der Waals surface area contributed by atoms with E-state index >= 15 is 0 Å². The van der Waals surface area contributed by atoms with E-state index in [0.717, 1.165) is 5.56 Å². The molecular weight excluding hydrogens is 284 g/mol. The Morgan fingerprint density at radius 3 is 2.57 bits per heavy atom. The smallest absolute Gasteiger partial charge is 0.194 e. The van der Waals surface area contributed by atoms with Crippen molar-refractivity contribution in [2.24, 2.45) is 0 Å². The molecule has 0 amide bonds. The molecule has 0 atom stereocenters. The molecule has 3 aromatic rings. The minimum Gasteiger partial charge on any atom is -0.486 e. The summed E-state index contributed by atoms with van der Waals surface area (Å²) < 4.78 is 11.0. The maximum absolute atomic E-state index is 12.3. The summed E-state index contributed by atoms with van der Waals surface area (Å²) in [6.07, 6.45) is 0. The highest BCUT2D eigenvalue weighted by atomic mass is 32.1. The second-order valence-electron chi connectivity index (χ2n) is 4.51. The highest BCUT2D eigenvalue weighted by Crippen LogP contribution is 2.24. The van der Waals surface area contributed by atoms with Crippen molar-refractivity contribution in [3.8, 4) is 11.3 Å². The van der Waals surface area contributed by atoms with Crippen LogP contribution in [0, 0.1) is 0 Å². The first kappa shape index (κ1) is 13.5. The number of benzene rings is 2. The van der Waals surface area contributed by atoms with Gasteiger partial charge in [0.25, 0.3) is 0 Å². The highest BCUT2D eigenvalue weighted by molar-refractivity contribution is 7.80. The second-order valence-corrected chi connectivity index (χ2v) is 4.89. The summed E-state index contributed by atoms with van der Waals surface area (Å²) >= 11 is 5.17. The van der Waals surface area contributed by atoms with Crippen LogP contribution in [-0.4, -0.2) is 12.2 Å². The third kappa shape index (κ3) is 2.45. The minimum atomic E-state index is -0.101. The number of rotatable bonds is 2. The van der Waals surface area contributed by atoms with Crippen LogP contribution in [0.15, 0.2) is 63.8 Å². The van der Waals surface area contributed by atoms with E-state index in [1.54, 1.807) is 18.2 Å². The number of hydrogen-bond acceptors (Lipinski definition) is 4. The summed E-state index contributed by atoms with van der Waals surface area (Å²) in [5.41, 5.74) is 1.81. The van der Waals surface area contributed by atoms with Gasteiger partial charge in [-0.1, -0.05) is 36.4 Å². The average Bonchev–Trinajstić information content (AvgIpc) is 2.54. The molecule has 3 rings (SSSR count). The van der Waals surface area contributed by atoms with Gasteiger partial charge in [0.1, 0.15) is 11.3 Å². The van der Waals surface area contributed by atoms with Gasteiger partial charge in [-0.2, -0.15) is 0 Å². The fraction of sp³-hybridized carbons (Fsp3) is 0.0588. The van der Waals surface area contributed by atoms with E-state index in [1.807, 2.05) is 30.3 Å². The molecule has 0 unspecified atom stereocenters. The van der Waals surface area contributed by atoms with Crippen molar-refractivity contribution in [2.45, 2.75) is 0 Å². The van der Waals surface area contributed by atoms with Gasteiger partial charge in [0.05, 0.1) is 18.1 Å². The monoisotopic (exact) mass is 296 g/mol. The molecular formula is C17H12O3S. The first-order valence-electron chi connectivity index (χ1n) is 6.41. The van der Waals surface area contributed by atoms with E-state index in [4.69, 9.17) is 21.4 Å². The van der Waals surface area contributed by atoms with Crippen molar-refractivity contribution < 1.29 is 9.15 Å². The van der Waals surface area contributed by atoms with E-state index in [1.165, 1.54) is 13.2 Å². The number of methoxy groups -OCH3 is 1. The first-order valence-corrected chi connectivity index (χ1v) is 6.82. The van der Waals surface area contributed by atoms with Crippen LogP contribution in [0.3, 0.4) is 0 Å². The molecule has 1 aromatic heterocycles. The molecule has 0 spiro atoms. The molecule has 0 saturated carbocycles. The Kier molecular flexibility index (Phi) is 3.54. The van der Waals surface area contributed by atoms with Crippen molar-refractivity contribution in [3.63, 3.8) is 0 Å². The van der Waals surface area contributed by atoms with E-state index in [0.29, 0.717) is 27.3 Å². The molecule has 0 N–H and O–H groups in total. The van der Waals surface area contributed by atoms with Gasteiger partial charge in [-0.3, -0.25) is 4.79 Å². The summed E-state index contributed by atoms with van der Waals surface area (Å²) in [6, 6.07) is 16.2. The molecule has 0 aliphatic heterocycles. The van der Waals surface area contributed by atoms with Gasteiger partial charge < -0.3 is 9.15 Å². The Morgan fingerprint density at radius 1 is 1.10 bits per heavy atom. The lowest BCUT2D eigenvalue weighted by molar-refractivity contribution is 0.415. The summed E-state index contributed by atoms with van der Waals surface area (Å²) in [7, 11) is 1.50. The van der Waals surface area contributed by atoms with Gasteiger partial charge in [-0.15, -0.1) is 0 Å². The molecule has 104 valence electrons. The third-order valence-electron chi connectivity index (χ3n) is 3.22. The Hall–Kier alpha value is -2.46. The maximum Gasteiger partial charge on any atom is 0.194 e. The van der Waals surface area contributed by atoms with E-state index in [9.17, 15) is 4.79 Å². The molecule has 0 radical (unpaired) electrons. The fourth-order valence-corrected chi connectivity index (χ4v) is 2.35. The minimum absolute atomic E-state index is 0.101. The molecule has 21 heavy (non-hydrogen) atoms. The van der Waals surface area contributed by atoms with E-state index < -0.39 is 0 Å². The number of ether oxygens (including phenoxy) is 1. The maximum atomic E-state index is 12.3. The van der Waals surface area contributed by atoms with Crippen molar-refractivity contribution in [1.29, 1.82) is 0 Å². The third-order valence-corrected chi connectivity index (χ3v) is 3.60. The van der Waals surface area contributed by atoms with Crippen LogP contribution in [0.5, 0.6) is 0 Å². The Balaban J connectivity index is 2.32. The molecule has 4 heteroatoms. The number of para-hydroxylation sites is 1. The number of thiocarbonyl (C=S) groups is 1. The van der Waals surface area contributed by atoms with Crippen LogP contribution in [0.25, 0.3) is 22.3 Å². The zero-order valence-corrected chi connectivity index (χ0v) is 12.1. The predicted octanol–water partition coefficient (Wildman–Crippen LogP) is 3.78. The molecule has 3 nitrogen and oxygen atoms in total. The van der Waals surface area contributed by atoms with Crippen LogP contribution < -0.4 is 5.43 Å². The topological polar surface area (TPSA) is 39.4 Å². The van der Waals surface area contributed by atoms with Gasteiger partial charge in [0.15, 0.2) is 10.5 Å². The Bertz CT molecular complexity index is 866. The molecule has 0 aliphatic rings. The van der Waals surface area contributed by atoms with Crippen LogP contribution in [0.4, 0.5) is 0 Å². The molecule has 1 heterocycles. The lowest BCUT2D eigenvalue weighted by Gasteiger charge is -2.08. The van der Waals surface area contributed by atoms with Gasteiger partial charge in [0.2, 0.25) is 0 Å². The van der Waals surface area contributed by atoms with Crippen LogP contribution in [-0.2, 0) is 4.74 Å². The fourth-order valence-electron chi connectivity index (χ4n) is 2.19. The van der Waals surface area contributed by atoms with E-state index in [2.05, 4.69) is 0 Å². The lowest BCUT2D eigenvalue weighted by Crippen LogP contribution is -2.06. The standard InChI is InChI=1S/C17H12O3S/c1-19-17(21)13-9-5-8-12-14(18)10-15(20-16(12)13)11-6-3-2-4-7-11/h2-10H,1H3. The first-order chi connectivity index (χ1) is 10.2. The quantitative estimate of drug-likeness (QED) is 0.675. The van der Waals surface area contributed by atoms with Gasteiger partial charge in [0, 0.05) is 11.6 Å². The zero-order valence-electron chi connectivity index (χ0n) is 11.3. The normalized spacial score (nSPS) is 10.5. The molecule has 2 aromatic carbocycles. The second kappa shape index (κ2) is 5.50. The van der Waals surface area contributed by atoms with Crippen LogP contribution in [0.1, 0.15) is 5.56 Å². The van der Waals surface area contributed by atoms with Crippen molar-refractivity contribution in [2.75, 3.05) is 7.11 Å². The summed E-state index contributed by atoms with van der Waals surface area (Å²) in [5.74, 6) is 0.513. The summed E-state index contributed by atoms with van der Waals surface area (Å²) in [4.78, 5) is 12.3. The van der Waals surface area contributed by atoms with Crippen molar-refractivity contribution in [3.05, 3.63) is 70.4 Å². The Labute approximate surface area is 126 Å². The van der Waals surface area contributed by atoms with E-state index in [-0.39, 0.29) is 5.43 Å². The number of hydrogen-bond donors (Lipinski definition) is 0. The van der Waals surface area contributed by atoms with Crippen LogP contribution >= 0.6 is 12.2 Å². The van der Waals surface area contributed by atoms with Crippen LogP contribution in [0.2, 0.25) is 0 Å². The number of fused-ring (bicyclic) bond motifs is 1. The van der Waals surface area contributed by atoms with Crippen molar-refractivity contribution >= 4 is 28.2 Å². The SMILES string of the molecule is COC(=S)c1cccc2c(=O)cc(-c3ccccc3)oc12. The molecule has 0 fully saturated rings.